The lowest BCUT2D eigenvalue weighted by Gasteiger charge is -2.39. The molecular weight excluding hydrogens is 190 g/mol. The van der Waals surface area contributed by atoms with Crippen LogP contribution in [0.1, 0.15) is 39.0 Å². The molecule has 84 valence electrons. The zero-order chi connectivity index (χ0) is 11.3. The Morgan fingerprint density at radius 2 is 2.47 bits per heavy atom. The number of amides is 1. The summed E-state index contributed by atoms with van der Waals surface area (Å²) in [6.07, 6.45) is 9.09. The van der Waals surface area contributed by atoms with Crippen LogP contribution in [0.5, 0.6) is 0 Å². The van der Waals surface area contributed by atoms with Crippen molar-refractivity contribution in [3.63, 3.8) is 0 Å². The summed E-state index contributed by atoms with van der Waals surface area (Å²) in [5.74, 6) is 2.72. The van der Waals surface area contributed by atoms with E-state index < -0.39 is 5.54 Å². The number of hydrogen-bond donors (Lipinski definition) is 2. The molecule has 0 aromatic rings. The first-order chi connectivity index (χ1) is 7.12. The second-order valence-electron chi connectivity index (χ2n) is 4.57. The van der Waals surface area contributed by atoms with Crippen molar-refractivity contribution >= 4 is 5.91 Å². The smallest absolute Gasteiger partial charge is 0.232 e. The van der Waals surface area contributed by atoms with Gasteiger partial charge in [-0.25, -0.2) is 0 Å². The third kappa shape index (κ3) is 3.24. The van der Waals surface area contributed by atoms with Crippen molar-refractivity contribution in [2.45, 2.75) is 44.6 Å². The molecule has 0 spiro atoms. The van der Waals surface area contributed by atoms with Gasteiger partial charge in [0.15, 0.2) is 0 Å². The fourth-order valence-corrected chi connectivity index (χ4v) is 2.39. The van der Waals surface area contributed by atoms with E-state index in [9.17, 15) is 9.90 Å². The van der Waals surface area contributed by atoms with Crippen LogP contribution in [0.4, 0.5) is 0 Å². The largest absolute Gasteiger partial charge is 0.394 e. The molecule has 1 rings (SSSR count). The van der Waals surface area contributed by atoms with Gasteiger partial charge in [0, 0.05) is 0 Å². The summed E-state index contributed by atoms with van der Waals surface area (Å²) in [5, 5.41) is 12.3. The number of aliphatic hydroxyl groups excluding tert-OH is 1. The molecule has 1 amide bonds. The lowest BCUT2D eigenvalue weighted by atomic mass is 9.77. The monoisotopic (exact) mass is 209 g/mol. The van der Waals surface area contributed by atoms with Crippen LogP contribution in [0.3, 0.4) is 0 Å². The minimum Gasteiger partial charge on any atom is -0.394 e. The third-order valence-corrected chi connectivity index (χ3v) is 3.06. The predicted octanol–water partition coefficient (Wildman–Crippen LogP) is 1.07. The van der Waals surface area contributed by atoms with Crippen molar-refractivity contribution in [3.8, 4) is 12.3 Å². The predicted molar refractivity (Wildman–Crippen MR) is 59.0 cm³/mol. The highest BCUT2D eigenvalue weighted by Crippen LogP contribution is 2.31. The van der Waals surface area contributed by atoms with E-state index in [2.05, 4.69) is 18.2 Å². The summed E-state index contributed by atoms with van der Waals surface area (Å²) >= 11 is 0. The summed E-state index contributed by atoms with van der Waals surface area (Å²) in [6.45, 7) is 2.16. The second kappa shape index (κ2) is 5.18. The molecule has 2 N–H and O–H groups in total. The average molecular weight is 209 g/mol. The molecule has 0 aromatic heterocycles. The Balaban J connectivity index is 2.60. The molecule has 15 heavy (non-hydrogen) atoms. The Bertz CT molecular complexity index is 269. The van der Waals surface area contributed by atoms with Crippen LogP contribution in [0, 0.1) is 18.3 Å². The summed E-state index contributed by atoms with van der Waals surface area (Å²) < 4.78 is 0. The molecule has 2 atom stereocenters. The Morgan fingerprint density at radius 3 is 3.00 bits per heavy atom. The minimum atomic E-state index is -0.425. The van der Waals surface area contributed by atoms with E-state index in [0.29, 0.717) is 5.92 Å². The third-order valence-electron chi connectivity index (χ3n) is 3.06. The number of aliphatic hydroxyl groups is 1. The van der Waals surface area contributed by atoms with E-state index in [-0.39, 0.29) is 18.9 Å². The number of nitrogens with one attached hydrogen (secondary N) is 1. The van der Waals surface area contributed by atoms with Crippen LogP contribution < -0.4 is 5.32 Å². The van der Waals surface area contributed by atoms with Gasteiger partial charge in [-0.05, 0) is 18.8 Å². The van der Waals surface area contributed by atoms with Crippen molar-refractivity contribution in [2.24, 2.45) is 5.92 Å². The van der Waals surface area contributed by atoms with E-state index in [1.54, 1.807) is 0 Å². The fourth-order valence-electron chi connectivity index (χ4n) is 2.39. The molecule has 1 aliphatic carbocycles. The first kappa shape index (κ1) is 12.1. The molecule has 0 aliphatic heterocycles. The van der Waals surface area contributed by atoms with Crippen LogP contribution in [-0.4, -0.2) is 23.2 Å². The van der Waals surface area contributed by atoms with Crippen LogP contribution >= 0.6 is 0 Å². The lowest BCUT2D eigenvalue weighted by molar-refractivity contribution is -0.123. The van der Waals surface area contributed by atoms with Crippen molar-refractivity contribution in [2.75, 3.05) is 6.61 Å². The molecule has 0 bridgehead atoms. The maximum Gasteiger partial charge on any atom is 0.232 e. The molecule has 0 aromatic carbocycles. The maximum absolute atomic E-state index is 11.4. The summed E-state index contributed by atoms with van der Waals surface area (Å²) in [7, 11) is 0. The van der Waals surface area contributed by atoms with E-state index in [0.717, 1.165) is 19.3 Å². The van der Waals surface area contributed by atoms with Crippen LogP contribution in [0.2, 0.25) is 0 Å². The Morgan fingerprint density at radius 1 is 1.73 bits per heavy atom. The van der Waals surface area contributed by atoms with Gasteiger partial charge in [-0.1, -0.05) is 25.7 Å². The Kier molecular flexibility index (Phi) is 4.16. The zero-order valence-corrected chi connectivity index (χ0v) is 9.25. The number of carbonyl (C=O) groups excluding carboxylic acids is 1. The van der Waals surface area contributed by atoms with Gasteiger partial charge in [-0.15, -0.1) is 6.42 Å². The van der Waals surface area contributed by atoms with Gasteiger partial charge in [0.05, 0.1) is 18.6 Å². The molecule has 3 nitrogen and oxygen atoms in total. The second-order valence-corrected chi connectivity index (χ2v) is 4.57. The highest BCUT2D eigenvalue weighted by Gasteiger charge is 2.35. The van der Waals surface area contributed by atoms with Gasteiger partial charge in [0.1, 0.15) is 0 Å². The standard InChI is InChI=1S/C12H19NO2/c1-3-5-11(15)13-12(9-14)7-4-6-10(2)8-12/h1,10,14H,4-9H2,2H3,(H,13,15). The topological polar surface area (TPSA) is 49.3 Å². The SMILES string of the molecule is C#CCC(=O)NC1(CO)CCCC(C)C1. The van der Waals surface area contributed by atoms with Crippen molar-refractivity contribution in [3.05, 3.63) is 0 Å². The average Bonchev–Trinajstić information content (AvgIpc) is 2.18. The van der Waals surface area contributed by atoms with Crippen molar-refractivity contribution in [1.29, 1.82) is 0 Å². The molecular formula is C12H19NO2. The lowest BCUT2D eigenvalue weighted by Crippen LogP contribution is -2.53. The van der Waals surface area contributed by atoms with Crippen molar-refractivity contribution < 1.29 is 9.90 Å². The van der Waals surface area contributed by atoms with E-state index >= 15 is 0 Å². The van der Waals surface area contributed by atoms with Crippen molar-refractivity contribution in [1.82, 2.24) is 5.32 Å². The number of rotatable bonds is 3. The highest BCUT2D eigenvalue weighted by molar-refractivity contribution is 5.79. The summed E-state index contributed by atoms with van der Waals surface area (Å²) in [6, 6.07) is 0. The van der Waals surface area contributed by atoms with E-state index in [1.165, 1.54) is 6.42 Å². The highest BCUT2D eigenvalue weighted by atomic mass is 16.3. The van der Waals surface area contributed by atoms with Gasteiger partial charge < -0.3 is 10.4 Å². The van der Waals surface area contributed by atoms with Crippen LogP contribution in [-0.2, 0) is 4.79 Å². The molecule has 1 fully saturated rings. The Labute approximate surface area is 91.3 Å². The van der Waals surface area contributed by atoms with Gasteiger partial charge in [0.25, 0.3) is 0 Å². The zero-order valence-electron chi connectivity index (χ0n) is 9.25. The molecule has 0 heterocycles. The summed E-state index contributed by atoms with van der Waals surface area (Å²) in [4.78, 5) is 11.4. The van der Waals surface area contributed by atoms with Gasteiger partial charge >= 0.3 is 0 Å². The number of carbonyl (C=O) groups is 1. The first-order valence-corrected chi connectivity index (χ1v) is 5.47. The van der Waals surface area contributed by atoms with Crippen LogP contribution in [0.15, 0.2) is 0 Å². The first-order valence-electron chi connectivity index (χ1n) is 5.47. The number of terminal acetylenes is 1. The van der Waals surface area contributed by atoms with E-state index in [1.807, 2.05) is 0 Å². The fraction of sp³-hybridized carbons (Fsp3) is 0.750. The number of hydrogen-bond acceptors (Lipinski definition) is 2. The molecule has 0 saturated heterocycles. The quantitative estimate of drug-likeness (QED) is 0.683. The van der Waals surface area contributed by atoms with Crippen LogP contribution in [0.25, 0.3) is 0 Å². The van der Waals surface area contributed by atoms with E-state index in [4.69, 9.17) is 6.42 Å². The molecule has 2 unspecified atom stereocenters. The molecule has 0 radical (unpaired) electrons. The normalized spacial score (nSPS) is 30.6. The molecule has 1 aliphatic rings. The minimum absolute atomic E-state index is 0.00759. The van der Waals surface area contributed by atoms with Gasteiger partial charge in [-0.3, -0.25) is 4.79 Å². The molecule has 1 saturated carbocycles. The molecule has 3 heteroatoms. The van der Waals surface area contributed by atoms with Gasteiger partial charge in [-0.2, -0.15) is 0 Å². The maximum atomic E-state index is 11.4. The summed E-state index contributed by atoms with van der Waals surface area (Å²) in [5.41, 5.74) is -0.425. The van der Waals surface area contributed by atoms with Gasteiger partial charge in [0.2, 0.25) is 5.91 Å². The Hall–Kier alpha value is -1.01.